The number of carbonyl (C=O) groups excluding carboxylic acids is 1. The van der Waals surface area contributed by atoms with E-state index in [2.05, 4.69) is 15.2 Å². The van der Waals surface area contributed by atoms with Crippen molar-refractivity contribution in [2.45, 2.75) is 26.2 Å². The van der Waals surface area contributed by atoms with Crippen molar-refractivity contribution in [3.05, 3.63) is 30.1 Å². The Morgan fingerprint density at radius 3 is 2.70 bits per heavy atom. The molecule has 0 saturated heterocycles. The number of aromatic nitrogens is 1. The molecule has 0 aromatic carbocycles. The molecular formula is C17H24N4O2. The summed E-state index contributed by atoms with van der Waals surface area (Å²) < 4.78 is 5.46. The summed E-state index contributed by atoms with van der Waals surface area (Å²) in [6, 6.07) is 5.71. The van der Waals surface area contributed by atoms with Crippen LogP contribution in [0.15, 0.2) is 34.6 Å². The quantitative estimate of drug-likeness (QED) is 0.754. The zero-order valence-corrected chi connectivity index (χ0v) is 14.2. The Kier molecular flexibility index (Phi) is 5.98. The van der Waals surface area contributed by atoms with Crippen molar-refractivity contribution in [3.63, 3.8) is 0 Å². The van der Waals surface area contributed by atoms with Gasteiger partial charge < -0.3 is 9.64 Å². The van der Waals surface area contributed by atoms with Crippen LogP contribution in [0.5, 0.6) is 0 Å². The summed E-state index contributed by atoms with van der Waals surface area (Å²) in [6.45, 7) is 4.89. The van der Waals surface area contributed by atoms with Gasteiger partial charge in [-0.2, -0.15) is 10.2 Å². The Bertz CT molecular complexity index is 596. The molecule has 1 aliphatic heterocycles. The molecule has 1 aromatic rings. The monoisotopic (exact) mass is 316 g/mol. The van der Waals surface area contributed by atoms with Crippen LogP contribution < -0.4 is 0 Å². The number of hydrogen-bond acceptors (Lipinski definition) is 6. The van der Waals surface area contributed by atoms with Gasteiger partial charge in [0, 0.05) is 12.7 Å². The lowest BCUT2D eigenvalue weighted by Gasteiger charge is -2.28. The number of ether oxygens (including phenoxy) is 1. The Hall–Kier alpha value is -2.08. The van der Waals surface area contributed by atoms with Crippen molar-refractivity contribution in [1.82, 2.24) is 9.88 Å². The van der Waals surface area contributed by atoms with Gasteiger partial charge >= 0.3 is 5.97 Å². The molecule has 0 fully saturated rings. The van der Waals surface area contributed by atoms with Gasteiger partial charge in [0.25, 0.3) is 0 Å². The molecule has 0 spiro atoms. The molecule has 6 nitrogen and oxygen atoms in total. The Morgan fingerprint density at radius 1 is 1.30 bits per heavy atom. The fourth-order valence-electron chi connectivity index (χ4n) is 2.62. The molecule has 2 atom stereocenters. The van der Waals surface area contributed by atoms with Crippen LogP contribution in [0.1, 0.15) is 31.9 Å². The topological polar surface area (TPSA) is 67.2 Å². The second kappa shape index (κ2) is 7.97. The van der Waals surface area contributed by atoms with Crippen molar-refractivity contribution in [2.75, 3.05) is 27.2 Å². The van der Waals surface area contributed by atoms with Crippen molar-refractivity contribution in [2.24, 2.45) is 16.1 Å². The van der Waals surface area contributed by atoms with Gasteiger partial charge in [-0.15, -0.1) is 0 Å². The predicted molar refractivity (Wildman–Crippen MR) is 90.8 cm³/mol. The molecule has 0 radical (unpaired) electrons. The molecule has 2 unspecified atom stereocenters. The fraction of sp³-hybridized carbons (Fsp3) is 0.529. The summed E-state index contributed by atoms with van der Waals surface area (Å²) in [6.07, 6.45) is 2.46. The normalized spacial score (nSPS) is 20.9. The number of pyridine rings is 1. The van der Waals surface area contributed by atoms with Crippen LogP contribution in [0.25, 0.3) is 0 Å². The fourth-order valence-corrected chi connectivity index (χ4v) is 2.62. The molecule has 0 bridgehead atoms. The molecule has 0 aliphatic carbocycles. The van der Waals surface area contributed by atoms with Gasteiger partial charge in [-0.25, -0.2) is 0 Å². The maximum Gasteiger partial charge on any atom is 0.315 e. The van der Waals surface area contributed by atoms with Crippen molar-refractivity contribution < 1.29 is 9.53 Å². The number of esters is 1. The van der Waals surface area contributed by atoms with E-state index < -0.39 is 5.92 Å². The summed E-state index contributed by atoms with van der Waals surface area (Å²) in [5.41, 5.74) is 2.37. The van der Waals surface area contributed by atoms with Crippen LogP contribution in [0.3, 0.4) is 0 Å². The third kappa shape index (κ3) is 4.22. The predicted octanol–water partition coefficient (Wildman–Crippen LogP) is 2.13. The number of carbonyl (C=O) groups is 1. The standard InChI is InChI=1S/C17H24N4O2/c1-5-13-16(14-8-6-7-9-18-14)15(12(2)19-20-13)17(22)23-11-10-21(3)4/h6-9,15-16H,5,10-11H2,1-4H3. The van der Waals surface area contributed by atoms with E-state index >= 15 is 0 Å². The smallest absolute Gasteiger partial charge is 0.315 e. The Balaban J connectivity index is 2.25. The van der Waals surface area contributed by atoms with Crippen LogP contribution >= 0.6 is 0 Å². The van der Waals surface area contributed by atoms with Gasteiger partial charge in [-0.05, 0) is 39.6 Å². The lowest BCUT2D eigenvalue weighted by molar-refractivity contribution is -0.146. The van der Waals surface area contributed by atoms with E-state index in [1.807, 2.05) is 51.0 Å². The summed E-state index contributed by atoms with van der Waals surface area (Å²) in [4.78, 5) is 19.0. The molecular weight excluding hydrogens is 292 g/mol. The highest BCUT2D eigenvalue weighted by molar-refractivity contribution is 6.09. The molecule has 0 saturated carbocycles. The Labute approximate surface area is 137 Å². The van der Waals surface area contributed by atoms with Crippen LogP contribution in [0, 0.1) is 5.92 Å². The van der Waals surface area contributed by atoms with Gasteiger partial charge in [0.1, 0.15) is 12.5 Å². The zero-order valence-electron chi connectivity index (χ0n) is 14.2. The molecule has 0 amide bonds. The van der Waals surface area contributed by atoms with Gasteiger partial charge in [-0.3, -0.25) is 9.78 Å². The number of hydrogen-bond donors (Lipinski definition) is 0. The molecule has 0 N–H and O–H groups in total. The SMILES string of the molecule is CCC1=NN=C(C)C(C(=O)OCCN(C)C)C1c1ccccn1. The van der Waals surface area contributed by atoms with Gasteiger partial charge in [0.15, 0.2) is 0 Å². The molecule has 1 aliphatic rings. The maximum atomic E-state index is 12.6. The Morgan fingerprint density at radius 2 is 2.09 bits per heavy atom. The highest BCUT2D eigenvalue weighted by atomic mass is 16.5. The lowest BCUT2D eigenvalue weighted by atomic mass is 9.80. The third-order valence-corrected chi connectivity index (χ3v) is 3.88. The molecule has 2 rings (SSSR count). The molecule has 124 valence electrons. The van der Waals surface area contributed by atoms with Gasteiger partial charge in [0.2, 0.25) is 0 Å². The van der Waals surface area contributed by atoms with E-state index in [0.717, 1.165) is 17.8 Å². The second-order valence-corrected chi connectivity index (χ2v) is 5.87. The van der Waals surface area contributed by atoms with Crippen molar-refractivity contribution >= 4 is 17.4 Å². The molecule has 23 heavy (non-hydrogen) atoms. The van der Waals surface area contributed by atoms with E-state index in [1.54, 1.807) is 6.20 Å². The van der Waals surface area contributed by atoms with E-state index in [1.165, 1.54) is 0 Å². The highest BCUT2D eigenvalue weighted by Crippen LogP contribution is 2.31. The summed E-state index contributed by atoms with van der Waals surface area (Å²) >= 11 is 0. The number of rotatable bonds is 6. The third-order valence-electron chi connectivity index (χ3n) is 3.88. The van der Waals surface area contributed by atoms with Crippen molar-refractivity contribution in [1.29, 1.82) is 0 Å². The van der Waals surface area contributed by atoms with Crippen LogP contribution in [-0.2, 0) is 9.53 Å². The first kappa shape index (κ1) is 17.3. The van der Waals surface area contributed by atoms with E-state index in [9.17, 15) is 4.79 Å². The van der Waals surface area contributed by atoms with Crippen LogP contribution in [0.2, 0.25) is 0 Å². The second-order valence-electron chi connectivity index (χ2n) is 5.87. The van der Waals surface area contributed by atoms with Gasteiger partial charge in [-0.1, -0.05) is 13.0 Å². The first-order chi connectivity index (χ1) is 11.0. The number of nitrogens with zero attached hydrogens (tertiary/aromatic N) is 4. The summed E-state index contributed by atoms with van der Waals surface area (Å²) in [7, 11) is 3.89. The first-order valence-electron chi connectivity index (χ1n) is 7.87. The molecule has 2 heterocycles. The first-order valence-corrected chi connectivity index (χ1v) is 7.87. The summed E-state index contributed by atoms with van der Waals surface area (Å²) in [5.74, 6) is -0.922. The minimum absolute atomic E-state index is 0.203. The highest BCUT2D eigenvalue weighted by Gasteiger charge is 2.39. The minimum atomic E-state index is -0.459. The van der Waals surface area contributed by atoms with Crippen molar-refractivity contribution in [3.8, 4) is 0 Å². The van der Waals surface area contributed by atoms with E-state index in [0.29, 0.717) is 18.9 Å². The molecule has 6 heteroatoms. The average molecular weight is 316 g/mol. The largest absolute Gasteiger partial charge is 0.464 e. The average Bonchev–Trinajstić information content (AvgIpc) is 2.54. The summed E-state index contributed by atoms with van der Waals surface area (Å²) in [5, 5.41) is 8.45. The van der Waals surface area contributed by atoms with Gasteiger partial charge in [0.05, 0.1) is 23.0 Å². The lowest BCUT2D eigenvalue weighted by Crippen LogP contribution is -2.37. The van der Waals surface area contributed by atoms with E-state index in [-0.39, 0.29) is 11.9 Å². The molecule has 1 aromatic heterocycles. The zero-order chi connectivity index (χ0) is 16.8. The minimum Gasteiger partial charge on any atom is -0.464 e. The van der Waals surface area contributed by atoms with E-state index in [4.69, 9.17) is 4.74 Å². The van der Waals surface area contributed by atoms with Crippen LogP contribution in [0.4, 0.5) is 0 Å². The van der Waals surface area contributed by atoms with Crippen LogP contribution in [-0.4, -0.2) is 54.5 Å². The maximum absolute atomic E-state index is 12.6. The number of likely N-dealkylation sites (N-methyl/N-ethyl adjacent to an activating group) is 1.